The Morgan fingerprint density at radius 3 is 1.22 bits per heavy atom. The molecule has 0 aromatic heterocycles. The molecule has 0 aliphatic heterocycles. The molecule has 16 heteroatoms. The molecular weight excluding hydrogens is 687 g/mol. The van der Waals surface area contributed by atoms with Crippen LogP contribution in [0.25, 0.3) is 0 Å². The summed E-state index contributed by atoms with van der Waals surface area (Å²) in [5.74, 6) is -1.19. The van der Waals surface area contributed by atoms with E-state index in [2.05, 4.69) is 85.1 Å². The smallest absolute Gasteiger partial charge is 0.244 e. The van der Waals surface area contributed by atoms with Crippen LogP contribution in [-0.4, -0.2) is 119 Å². The first-order chi connectivity index (χ1) is 20.9. The fourth-order valence-corrected chi connectivity index (χ4v) is 17.8. The van der Waals surface area contributed by atoms with Gasteiger partial charge in [0, 0.05) is 18.8 Å². The van der Waals surface area contributed by atoms with Gasteiger partial charge in [0.2, 0.25) is 5.91 Å². The zero-order valence-electron chi connectivity index (χ0n) is 31.4. The summed E-state index contributed by atoms with van der Waals surface area (Å²) in [6, 6.07) is 2.06. The van der Waals surface area contributed by atoms with E-state index in [4.69, 9.17) is 32.9 Å². The van der Waals surface area contributed by atoms with E-state index in [1.165, 1.54) is 0 Å². The van der Waals surface area contributed by atoms with Gasteiger partial charge in [0.15, 0.2) is 33.3 Å². The van der Waals surface area contributed by atoms with Gasteiger partial charge in [0.25, 0.3) is 0 Å². The van der Waals surface area contributed by atoms with Gasteiger partial charge in [-0.2, -0.15) is 0 Å². The van der Waals surface area contributed by atoms with Crippen LogP contribution in [0.2, 0.25) is 90.7 Å². The minimum absolute atomic E-state index is 0.0436. The maximum absolute atomic E-state index is 11.9. The van der Waals surface area contributed by atoms with Gasteiger partial charge < -0.3 is 43.1 Å². The number of hydrogen-bond donors (Lipinski definition) is 3. The van der Waals surface area contributed by atoms with Crippen molar-refractivity contribution in [3.05, 3.63) is 12.2 Å². The molecule has 0 aliphatic carbocycles. The number of hydrogen-bond acceptors (Lipinski definition) is 9. The van der Waals surface area contributed by atoms with Crippen molar-refractivity contribution in [2.45, 2.75) is 140 Å². The molecule has 0 saturated carbocycles. The van der Waals surface area contributed by atoms with E-state index in [9.17, 15) is 15.0 Å². The molecule has 0 rings (SSSR count). The number of primary amides is 1. The molecule has 4 N–H and O–H groups in total. The highest BCUT2D eigenvalue weighted by Gasteiger charge is 2.28. The third-order valence-electron chi connectivity index (χ3n) is 6.44. The summed E-state index contributed by atoms with van der Waals surface area (Å²) in [6.07, 6.45) is 0.605. The number of nitrogens with two attached hydrogens (primary N) is 1. The van der Waals surface area contributed by atoms with Gasteiger partial charge in [-0.1, -0.05) is 18.7 Å². The van der Waals surface area contributed by atoms with Crippen LogP contribution in [0.4, 0.5) is 0 Å². The van der Waals surface area contributed by atoms with E-state index in [0.717, 1.165) is 24.9 Å². The summed E-state index contributed by atoms with van der Waals surface area (Å²) in [5.41, 5.74) is 5.71. The first-order valence-corrected chi connectivity index (χ1v) is 34.3. The van der Waals surface area contributed by atoms with Crippen molar-refractivity contribution in [2.24, 2.45) is 11.7 Å². The summed E-state index contributed by atoms with van der Waals surface area (Å²) in [5, 5.41) is 21.3. The lowest BCUT2D eigenvalue weighted by Crippen LogP contribution is -2.43. The number of carbonyl (C=O) groups excluding carboxylic acids is 1. The lowest BCUT2D eigenvalue weighted by molar-refractivity contribution is -0.115. The SMILES string of the molecule is C=C(C(N)=O)C(CC(O)COCCC[SiH2]C(O[Si](C)(C)C)O[Si](C)(C)C)CC(O)COCCC[SiH2]C(O[Si](C)(C)C)O[Si](C)(C)C. The molecule has 2 atom stereocenters. The fraction of sp³-hybridized carbons (Fsp3) is 0.900. The Bertz CT molecular complexity index is 772. The average Bonchev–Trinajstić information content (AvgIpc) is 2.83. The van der Waals surface area contributed by atoms with Gasteiger partial charge in [0.1, 0.15) is 11.8 Å². The normalized spacial score (nSPS) is 15.9. The fourth-order valence-electron chi connectivity index (χ4n) is 4.71. The zero-order chi connectivity index (χ0) is 35.8. The number of rotatable bonds is 28. The van der Waals surface area contributed by atoms with Gasteiger partial charge in [-0.05, 0) is 110 Å². The molecule has 0 aromatic carbocycles. The van der Waals surface area contributed by atoms with Crippen LogP contribution >= 0.6 is 0 Å². The van der Waals surface area contributed by atoms with Gasteiger partial charge >= 0.3 is 0 Å². The summed E-state index contributed by atoms with van der Waals surface area (Å²) < 4.78 is 36.7. The molecule has 274 valence electrons. The van der Waals surface area contributed by atoms with Gasteiger partial charge in [-0.3, -0.25) is 4.79 Å². The second-order valence-corrected chi connectivity index (χ2v) is 38.0. The Kier molecular flexibility index (Phi) is 22.2. The molecular formula is C30H71NO9Si6. The third-order valence-corrected chi connectivity index (χ3v) is 15.1. The van der Waals surface area contributed by atoms with Crippen LogP contribution in [0.5, 0.6) is 0 Å². The molecule has 2 unspecified atom stereocenters. The van der Waals surface area contributed by atoms with E-state index in [1.807, 2.05) is 0 Å². The molecule has 10 nitrogen and oxygen atoms in total. The molecule has 0 bridgehead atoms. The lowest BCUT2D eigenvalue weighted by Gasteiger charge is -2.31. The Morgan fingerprint density at radius 1 is 0.652 bits per heavy atom. The molecule has 0 heterocycles. The Hall–Kier alpha value is 0.191. The molecule has 0 aliphatic rings. The number of aliphatic hydroxyl groups excluding tert-OH is 2. The number of aliphatic hydroxyl groups is 2. The van der Waals surface area contributed by atoms with Crippen molar-refractivity contribution in [3.63, 3.8) is 0 Å². The van der Waals surface area contributed by atoms with Crippen molar-refractivity contribution in [2.75, 3.05) is 26.4 Å². The summed E-state index contributed by atoms with van der Waals surface area (Å²) in [7, 11) is -7.93. The quantitative estimate of drug-likeness (QED) is 0.0466. The predicted molar refractivity (Wildman–Crippen MR) is 206 cm³/mol. The van der Waals surface area contributed by atoms with E-state index in [1.54, 1.807) is 0 Å². The molecule has 0 fully saturated rings. The largest absolute Gasteiger partial charge is 0.398 e. The second kappa shape index (κ2) is 22.1. The van der Waals surface area contributed by atoms with Crippen LogP contribution in [0.1, 0.15) is 25.7 Å². The molecule has 0 aromatic rings. The Balaban J connectivity index is 4.58. The first-order valence-electron chi connectivity index (χ1n) is 17.1. The van der Waals surface area contributed by atoms with Crippen LogP contribution in [0.3, 0.4) is 0 Å². The van der Waals surface area contributed by atoms with Gasteiger partial charge in [-0.15, -0.1) is 0 Å². The maximum atomic E-state index is 11.9. The Labute approximate surface area is 290 Å². The minimum Gasteiger partial charge on any atom is -0.398 e. The van der Waals surface area contributed by atoms with Crippen molar-refractivity contribution < 1.29 is 42.2 Å². The maximum Gasteiger partial charge on any atom is 0.244 e. The third kappa shape index (κ3) is 28.1. The summed E-state index contributed by atoms with van der Waals surface area (Å²) >= 11 is 0. The molecule has 0 radical (unpaired) electrons. The molecule has 46 heavy (non-hydrogen) atoms. The lowest BCUT2D eigenvalue weighted by atomic mass is 9.88. The number of ether oxygens (including phenoxy) is 2. The van der Waals surface area contributed by atoms with Crippen molar-refractivity contribution in [1.29, 1.82) is 0 Å². The topological polar surface area (TPSA) is 139 Å². The minimum atomic E-state index is -1.69. The zero-order valence-corrected chi connectivity index (χ0v) is 38.2. The second-order valence-electron chi connectivity index (χ2n) is 16.3. The predicted octanol–water partition coefficient (Wildman–Crippen LogP) is 4.11. The first kappa shape index (κ1) is 46.2. The van der Waals surface area contributed by atoms with Crippen LogP contribution in [-0.2, 0) is 32.0 Å². The molecule has 0 spiro atoms. The van der Waals surface area contributed by atoms with Gasteiger partial charge in [0.05, 0.1) is 44.5 Å². The number of amides is 1. The highest BCUT2D eigenvalue weighted by Crippen LogP contribution is 2.23. The van der Waals surface area contributed by atoms with E-state index in [0.29, 0.717) is 13.2 Å². The van der Waals surface area contributed by atoms with Crippen LogP contribution < -0.4 is 5.73 Å². The van der Waals surface area contributed by atoms with Gasteiger partial charge in [-0.25, -0.2) is 0 Å². The van der Waals surface area contributed by atoms with Crippen molar-refractivity contribution >= 4 is 58.2 Å². The number of carbonyl (C=O) groups is 1. The van der Waals surface area contributed by atoms with Crippen LogP contribution in [0, 0.1) is 5.92 Å². The standard InChI is InChI=1S/C30H71NO9Si6/c1-24(28(31)34)25(20-26(32)22-35-16-14-18-41-29(37-43(2,3)4)38-44(5,6)7)21-27(33)23-36-17-15-19-42-30(39-45(8,9)10)40-46(11,12)13/h25-27,29-30,32-33H,1,14-23,41-42H2,2-13H3,(H2,31,34). The van der Waals surface area contributed by atoms with Crippen LogP contribution in [0.15, 0.2) is 12.2 Å². The van der Waals surface area contributed by atoms with Crippen molar-refractivity contribution in [1.82, 2.24) is 0 Å². The van der Waals surface area contributed by atoms with E-state index in [-0.39, 0.29) is 43.5 Å². The monoisotopic (exact) mass is 757 g/mol. The van der Waals surface area contributed by atoms with E-state index >= 15 is 0 Å². The summed E-state index contributed by atoms with van der Waals surface area (Å²) in [6.45, 7) is 31.4. The summed E-state index contributed by atoms with van der Waals surface area (Å²) in [4.78, 5) is 11.9. The molecule has 0 saturated heterocycles. The van der Waals surface area contributed by atoms with Crippen molar-refractivity contribution in [3.8, 4) is 0 Å². The van der Waals surface area contributed by atoms with E-state index < -0.39 is 76.3 Å². The average molecular weight is 758 g/mol. The Morgan fingerprint density at radius 2 is 0.957 bits per heavy atom. The highest BCUT2D eigenvalue weighted by molar-refractivity contribution is 6.72. The highest BCUT2D eigenvalue weighted by atomic mass is 28.4. The molecule has 1 amide bonds.